The normalized spacial score (nSPS) is 10.4. The Bertz CT molecular complexity index is 760. The lowest BCUT2D eigenvalue weighted by Crippen LogP contribution is -2.44. The number of nitrogens with zero attached hydrogens (tertiary/aromatic N) is 1. The van der Waals surface area contributed by atoms with Crippen molar-refractivity contribution < 1.29 is 14.3 Å². The minimum atomic E-state index is -0.513. The minimum Gasteiger partial charge on any atom is -0.495 e. The molecular weight excluding hydrogens is 390 g/mol. The highest BCUT2D eigenvalue weighted by Crippen LogP contribution is 2.25. The van der Waals surface area contributed by atoms with Gasteiger partial charge in [-0.3, -0.25) is 25.5 Å². The number of ether oxygens (including phenoxy) is 1. The van der Waals surface area contributed by atoms with Gasteiger partial charge in [0, 0.05) is 0 Å². The summed E-state index contributed by atoms with van der Waals surface area (Å²) in [7, 11) is 1.55. The van der Waals surface area contributed by atoms with Gasteiger partial charge in [0.25, 0.3) is 11.8 Å². The number of methoxy groups -OCH3 is 1. The van der Waals surface area contributed by atoms with E-state index in [9.17, 15) is 9.59 Å². The standard InChI is InChI=1S/C16H20BrN5O3/c1-9(2)14-13(17)15(21-20-14)16(24)22-19-12(23)8-18-10-6-4-5-7-11(10)25-3/h4-7,9,18H,8H2,1-3H3,(H,19,23)(H,20,21)(H,22,24). The number of rotatable bonds is 6. The third-order valence-corrected chi connectivity index (χ3v) is 4.19. The van der Waals surface area contributed by atoms with Crippen molar-refractivity contribution in [3.8, 4) is 5.75 Å². The lowest BCUT2D eigenvalue weighted by Gasteiger charge is -2.11. The van der Waals surface area contributed by atoms with Crippen LogP contribution in [0, 0.1) is 0 Å². The second-order valence-corrected chi connectivity index (χ2v) is 6.30. The zero-order chi connectivity index (χ0) is 18.4. The number of anilines is 1. The number of aromatic amines is 1. The summed E-state index contributed by atoms with van der Waals surface area (Å²) in [5.41, 5.74) is 6.35. The van der Waals surface area contributed by atoms with Crippen molar-refractivity contribution in [2.75, 3.05) is 19.0 Å². The number of benzene rings is 1. The van der Waals surface area contributed by atoms with Crippen LogP contribution in [0.2, 0.25) is 0 Å². The van der Waals surface area contributed by atoms with Crippen molar-refractivity contribution >= 4 is 33.4 Å². The van der Waals surface area contributed by atoms with Crippen LogP contribution in [0.1, 0.15) is 35.9 Å². The van der Waals surface area contributed by atoms with E-state index in [1.54, 1.807) is 19.2 Å². The third kappa shape index (κ3) is 4.72. The number of hydrogen-bond acceptors (Lipinski definition) is 5. The summed E-state index contributed by atoms with van der Waals surface area (Å²) in [6.45, 7) is 3.93. The molecule has 1 aromatic heterocycles. The number of aromatic nitrogens is 2. The molecule has 134 valence electrons. The Hall–Kier alpha value is -2.55. The Labute approximate surface area is 153 Å². The molecule has 9 heteroatoms. The lowest BCUT2D eigenvalue weighted by atomic mass is 10.1. The lowest BCUT2D eigenvalue weighted by molar-refractivity contribution is -0.120. The smallest absolute Gasteiger partial charge is 0.291 e. The molecule has 0 saturated carbocycles. The van der Waals surface area contributed by atoms with Gasteiger partial charge in [0.05, 0.1) is 29.5 Å². The number of nitrogens with one attached hydrogen (secondary N) is 4. The fraction of sp³-hybridized carbons (Fsp3) is 0.312. The zero-order valence-electron chi connectivity index (χ0n) is 14.1. The molecule has 25 heavy (non-hydrogen) atoms. The topological polar surface area (TPSA) is 108 Å². The van der Waals surface area contributed by atoms with E-state index < -0.39 is 11.8 Å². The first-order valence-corrected chi connectivity index (χ1v) is 8.43. The van der Waals surface area contributed by atoms with E-state index in [0.29, 0.717) is 15.9 Å². The Morgan fingerprint density at radius 2 is 2.00 bits per heavy atom. The molecule has 0 radical (unpaired) electrons. The Balaban J connectivity index is 1.86. The molecule has 0 fully saturated rings. The Morgan fingerprint density at radius 1 is 1.28 bits per heavy atom. The quantitative estimate of drug-likeness (QED) is 0.546. The van der Waals surface area contributed by atoms with E-state index in [0.717, 1.165) is 5.69 Å². The summed E-state index contributed by atoms with van der Waals surface area (Å²) < 4.78 is 5.77. The molecule has 0 atom stereocenters. The fourth-order valence-corrected chi connectivity index (χ4v) is 2.89. The molecule has 0 aliphatic carbocycles. The first kappa shape index (κ1) is 18.8. The number of halogens is 1. The summed E-state index contributed by atoms with van der Waals surface area (Å²) in [6.07, 6.45) is 0. The van der Waals surface area contributed by atoms with Crippen LogP contribution in [0.15, 0.2) is 28.7 Å². The van der Waals surface area contributed by atoms with Crippen molar-refractivity contribution in [2.45, 2.75) is 19.8 Å². The Morgan fingerprint density at radius 3 is 2.64 bits per heavy atom. The van der Waals surface area contributed by atoms with Crippen LogP contribution in [0.3, 0.4) is 0 Å². The first-order chi connectivity index (χ1) is 11.9. The average Bonchev–Trinajstić information content (AvgIpc) is 2.99. The molecular formula is C16H20BrN5O3. The minimum absolute atomic E-state index is 0.0281. The van der Waals surface area contributed by atoms with Crippen molar-refractivity contribution in [1.29, 1.82) is 0 Å². The molecule has 0 saturated heterocycles. The van der Waals surface area contributed by atoms with E-state index in [1.165, 1.54) is 0 Å². The number of hydrazine groups is 1. The highest BCUT2D eigenvalue weighted by atomic mass is 79.9. The van der Waals surface area contributed by atoms with Gasteiger partial charge in [0.15, 0.2) is 5.69 Å². The predicted octanol–water partition coefficient (Wildman–Crippen LogP) is 2.18. The largest absolute Gasteiger partial charge is 0.495 e. The SMILES string of the molecule is COc1ccccc1NCC(=O)NNC(=O)c1n[nH]c(C(C)C)c1Br. The third-order valence-electron chi connectivity index (χ3n) is 3.39. The van der Waals surface area contributed by atoms with Gasteiger partial charge in [0.1, 0.15) is 5.75 Å². The van der Waals surface area contributed by atoms with Crippen molar-refractivity contribution in [3.05, 3.63) is 40.1 Å². The molecule has 8 nitrogen and oxygen atoms in total. The molecule has 0 aliphatic rings. The van der Waals surface area contributed by atoms with Gasteiger partial charge in [-0.2, -0.15) is 5.10 Å². The van der Waals surface area contributed by atoms with Crippen molar-refractivity contribution in [3.63, 3.8) is 0 Å². The molecule has 2 amide bonds. The Kier molecular flexibility index (Phi) is 6.40. The van der Waals surface area contributed by atoms with E-state index >= 15 is 0 Å². The van der Waals surface area contributed by atoms with E-state index in [1.807, 2.05) is 26.0 Å². The molecule has 2 aromatic rings. The van der Waals surface area contributed by atoms with Crippen LogP contribution >= 0.6 is 15.9 Å². The first-order valence-electron chi connectivity index (χ1n) is 7.63. The summed E-state index contributed by atoms with van der Waals surface area (Å²) >= 11 is 3.34. The summed E-state index contributed by atoms with van der Waals surface area (Å²) in [4.78, 5) is 24.0. The van der Waals surface area contributed by atoms with Crippen LogP contribution in [0.5, 0.6) is 5.75 Å². The maximum atomic E-state index is 12.1. The molecule has 1 aromatic carbocycles. The van der Waals surface area contributed by atoms with E-state index in [-0.39, 0.29) is 18.2 Å². The van der Waals surface area contributed by atoms with Crippen LogP contribution in [-0.2, 0) is 4.79 Å². The summed E-state index contributed by atoms with van der Waals surface area (Å²) in [5.74, 6) is -0.111. The van der Waals surface area contributed by atoms with Crippen LogP contribution in [0.4, 0.5) is 5.69 Å². The molecule has 2 rings (SSSR count). The molecule has 0 bridgehead atoms. The van der Waals surface area contributed by atoms with E-state index in [2.05, 4.69) is 42.3 Å². The molecule has 0 aliphatic heterocycles. The molecule has 0 spiro atoms. The van der Waals surface area contributed by atoms with Crippen LogP contribution in [0.25, 0.3) is 0 Å². The second kappa shape index (κ2) is 8.52. The van der Waals surface area contributed by atoms with Gasteiger partial charge in [-0.15, -0.1) is 0 Å². The maximum Gasteiger partial charge on any atom is 0.291 e. The van der Waals surface area contributed by atoms with Gasteiger partial charge < -0.3 is 10.1 Å². The number of hydrogen-bond donors (Lipinski definition) is 4. The molecule has 1 heterocycles. The average molecular weight is 410 g/mol. The number of para-hydroxylation sites is 2. The van der Waals surface area contributed by atoms with Gasteiger partial charge in [-0.1, -0.05) is 26.0 Å². The highest BCUT2D eigenvalue weighted by molar-refractivity contribution is 9.10. The zero-order valence-corrected chi connectivity index (χ0v) is 15.7. The predicted molar refractivity (Wildman–Crippen MR) is 97.5 cm³/mol. The van der Waals surface area contributed by atoms with Gasteiger partial charge in [-0.05, 0) is 34.0 Å². The van der Waals surface area contributed by atoms with Crippen molar-refractivity contribution in [1.82, 2.24) is 21.0 Å². The molecule has 0 unspecified atom stereocenters. The van der Waals surface area contributed by atoms with Gasteiger partial charge in [0.2, 0.25) is 0 Å². The fourth-order valence-electron chi connectivity index (χ4n) is 2.07. The van der Waals surface area contributed by atoms with Gasteiger partial charge in [-0.25, -0.2) is 0 Å². The number of carbonyl (C=O) groups excluding carboxylic acids is 2. The van der Waals surface area contributed by atoms with E-state index in [4.69, 9.17) is 4.74 Å². The van der Waals surface area contributed by atoms with Crippen LogP contribution < -0.4 is 20.9 Å². The maximum absolute atomic E-state index is 12.1. The van der Waals surface area contributed by atoms with Crippen LogP contribution in [-0.4, -0.2) is 35.7 Å². The summed E-state index contributed by atoms with van der Waals surface area (Å²) in [5, 5.41) is 9.71. The second-order valence-electron chi connectivity index (χ2n) is 5.51. The monoisotopic (exact) mass is 409 g/mol. The number of carbonyl (C=O) groups is 2. The molecule has 4 N–H and O–H groups in total. The van der Waals surface area contributed by atoms with Crippen molar-refractivity contribution in [2.24, 2.45) is 0 Å². The number of amides is 2. The highest BCUT2D eigenvalue weighted by Gasteiger charge is 2.19. The number of H-pyrrole nitrogens is 1. The van der Waals surface area contributed by atoms with Gasteiger partial charge >= 0.3 is 0 Å². The summed E-state index contributed by atoms with van der Waals surface area (Å²) in [6, 6.07) is 7.23.